The van der Waals surface area contributed by atoms with Crippen molar-refractivity contribution in [2.24, 2.45) is 0 Å². The van der Waals surface area contributed by atoms with E-state index in [1.54, 1.807) is 11.4 Å². The number of nitrogens with zero attached hydrogens (tertiary/aromatic N) is 1. The second-order valence-corrected chi connectivity index (χ2v) is 3.96. The molecule has 1 rings (SSSR count). The van der Waals surface area contributed by atoms with Crippen molar-refractivity contribution in [2.45, 2.75) is 19.8 Å². The number of rotatable bonds is 4. The van der Waals surface area contributed by atoms with E-state index < -0.39 is 0 Å². The van der Waals surface area contributed by atoms with E-state index in [4.69, 9.17) is 11.6 Å². The Hall–Kier alpha value is 0.564. The van der Waals surface area contributed by atoms with Gasteiger partial charge in [0.05, 0.1) is 15.8 Å². The van der Waals surface area contributed by atoms with Crippen LogP contribution in [0.2, 0.25) is 5.02 Å². The van der Waals surface area contributed by atoms with Gasteiger partial charge in [0.15, 0.2) is 0 Å². The van der Waals surface area contributed by atoms with Gasteiger partial charge in [0.2, 0.25) is 0 Å². The monoisotopic (exact) mass is 305 g/mol. The zero-order valence-electron chi connectivity index (χ0n) is 8.00. The number of hydrogen-bond donors (Lipinski definition) is 0. The third kappa shape index (κ3) is 4.39. The van der Waals surface area contributed by atoms with Gasteiger partial charge in [-0.25, -0.2) is 0 Å². The van der Waals surface area contributed by atoms with Crippen molar-refractivity contribution >= 4 is 28.8 Å². The summed E-state index contributed by atoms with van der Waals surface area (Å²) in [6.07, 6.45) is 2.00. The number of carbonyl (C=O) groups excluding carboxylic acids is 1. The van der Waals surface area contributed by atoms with Crippen LogP contribution in [0.4, 0.5) is 0 Å². The molecule has 1 heterocycles. The molecule has 14 heavy (non-hydrogen) atoms. The fourth-order valence-corrected chi connectivity index (χ4v) is 1.90. The third-order valence-electron chi connectivity index (χ3n) is 1.58. The van der Waals surface area contributed by atoms with Crippen molar-refractivity contribution in [1.82, 2.24) is 0 Å². The van der Waals surface area contributed by atoms with Gasteiger partial charge in [0.25, 0.3) is 0 Å². The smallest absolute Gasteiger partial charge is 0.0936 e. The number of halogens is 1. The molecule has 0 aromatic carbocycles. The van der Waals surface area contributed by atoms with E-state index in [1.807, 2.05) is 0 Å². The largest absolute Gasteiger partial charge is 0.648 e. The molecule has 0 aliphatic carbocycles. The minimum absolute atomic E-state index is 0. The van der Waals surface area contributed by atoms with Crippen LogP contribution in [0.3, 0.4) is 0 Å². The van der Waals surface area contributed by atoms with Crippen LogP contribution in [-0.4, -0.2) is 12.5 Å². The third-order valence-corrected chi connectivity index (χ3v) is 2.91. The summed E-state index contributed by atoms with van der Waals surface area (Å²) in [6.45, 7) is 2.67. The van der Waals surface area contributed by atoms with Crippen molar-refractivity contribution in [2.75, 3.05) is 6.54 Å². The van der Waals surface area contributed by atoms with Gasteiger partial charge >= 0.3 is 0 Å². The van der Waals surface area contributed by atoms with E-state index in [-0.39, 0.29) is 38.6 Å². The Balaban J connectivity index is 0.00000169. The van der Waals surface area contributed by atoms with Crippen LogP contribution < -0.4 is 0 Å². The van der Waals surface area contributed by atoms with E-state index in [0.717, 1.165) is 12.8 Å². The first-order valence-electron chi connectivity index (χ1n) is 4.20. The van der Waals surface area contributed by atoms with Crippen LogP contribution in [0.25, 0.3) is 5.32 Å². The number of thiophene rings is 1. The van der Waals surface area contributed by atoms with Gasteiger partial charge in [-0.15, -0.1) is 17.9 Å². The summed E-state index contributed by atoms with van der Waals surface area (Å²) in [5.41, 5.74) is 0. The summed E-state index contributed by atoms with van der Waals surface area (Å²) in [4.78, 5) is 11.9. The average molecular weight is 306 g/mol. The first-order chi connectivity index (χ1) is 6.25. The average Bonchev–Trinajstić information content (AvgIpc) is 2.52. The van der Waals surface area contributed by atoms with Crippen LogP contribution in [0, 0.1) is 0 Å². The van der Waals surface area contributed by atoms with Crippen molar-refractivity contribution in [1.29, 1.82) is 0 Å². The molecule has 0 N–H and O–H groups in total. The molecule has 0 aliphatic heterocycles. The Morgan fingerprint density at radius 1 is 1.64 bits per heavy atom. The van der Waals surface area contributed by atoms with E-state index in [1.165, 1.54) is 11.3 Å². The van der Waals surface area contributed by atoms with Crippen LogP contribution in [0.5, 0.6) is 0 Å². The molecular weight excluding hydrogens is 295 g/mol. The van der Waals surface area contributed by atoms with Gasteiger partial charge in [0, 0.05) is 32.7 Å². The van der Waals surface area contributed by atoms with Crippen LogP contribution >= 0.6 is 22.9 Å². The second-order valence-electron chi connectivity index (χ2n) is 2.64. The summed E-state index contributed by atoms with van der Waals surface area (Å²) in [7, 11) is 0. The maximum absolute atomic E-state index is 11.4. The minimum Gasteiger partial charge on any atom is -0.648 e. The summed E-state index contributed by atoms with van der Waals surface area (Å²) >= 11 is 7.12. The normalized spacial score (nSPS) is 9.29. The fraction of sp³-hybridized carbons (Fsp3) is 0.444. The quantitative estimate of drug-likeness (QED) is 0.780. The van der Waals surface area contributed by atoms with Gasteiger partial charge in [-0.1, -0.05) is 31.4 Å². The van der Waals surface area contributed by atoms with E-state index in [0.29, 0.717) is 16.4 Å². The molecule has 0 aliphatic rings. The molecule has 0 unspecified atom stereocenters. The van der Waals surface area contributed by atoms with Crippen LogP contribution in [0.1, 0.15) is 29.4 Å². The molecule has 1 amide bonds. The summed E-state index contributed by atoms with van der Waals surface area (Å²) in [5, 5.41) is 6.21. The Labute approximate surface area is 118 Å². The standard InChI is InChI=1S/C9H12ClNOS.Y/c1-2-3-5-11-9(12)8-7(10)4-6-13-8;/h4,6H,2-3,5H2,1H3,(H,11,12);/p-1. The molecule has 0 saturated carbocycles. The van der Waals surface area contributed by atoms with Crippen LogP contribution in [-0.2, 0) is 32.7 Å². The van der Waals surface area contributed by atoms with Crippen molar-refractivity contribution < 1.29 is 37.5 Å². The molecule has 0 saturated heterocycles. The van der Waals surface area contributed by atoms with Gasteiger partial charge in [-0.2, -0.15) is 0 Å². The molecular formula is C9H11ClNOSY-. The minimum atomic E-state index is -0.187. The Morgan fingerprint density at radius 3 is 2.86 bits per heavy atom. The summed E-state index contributed by atoms with van der Waals surface area (Å²) in [6, 6.07) is 1.72. The van der Waals surface area contributed by atoms with Crippen molar-refractivity contribution in [3.8, 4) is 0 Å². The predicted octanol–water partition coefficient (Wildman–Crippen LogP) is 3.71. The summed E-state index contributed by atoms with van der Waals surface area (Å²) < 4.78 is 0. The molecule has 0 fully saturated rings. The van der Waals surface area contributed by atoms with Gasteiger partial charge in [0.1, 0.15) is 0 Å². The second kappa shape index (κ2) is 7.80. The Morgan fingerprint density at radius 2 is 2.36 bits per heavy atom. The fourth-order valence-electron chi connectivity index (χ4n) is 0.857. The first kappa shape index (κ1) is 14.6. The Kier molecular flexibility index (Phi) is 8.12. The molecule has 1 radical (unpaired) electrons. The molecule has 0 bridgehead atoms. The number of unbranched alkanes of at least 4 members (excludes halogenated alkanes) is 1. The molecule has 0 atom stereocenters. The molecule has 75 valence electrons. The molecule has 5 heteroatoms. The Bertz CT molecular complexity index is 290. The molecule has 0 spiro atoms. The molecule has 1 aromatic heterocycles. The van der Waals surface area contributed by atoms with Crippen molar-refractivity contribution in [3.63, 3.8) is 0 Å². The van der Waals surface area contributed by atoms with Crippen LogP contribution in [0.15, 0.2) is 11.4 Å². The van der Waals surface area contributed by atoms with Gasteiger partial charge in [-0.05, 0) is 11.4 Å². The molecule has 2 nitrogen and oxygen atoms in total. The SMILES string of the molecule is CCCC[N-]C(=O)c1sccc1Cl.[Y]. The van der Waals surface area contributed by atoms with E-state index in [9.17, 15) is 4.79 Å². The summed E-state index contributed by atoms with van der Waals surface area (Å²) in [5.74, 6) is -0.187. The maximum Gasteiger partial charge on any atom is 0.0936 e. The topological polar surface area (TPSA) is 31.2 Å². The van der Waals surface area contributed by atoms with E-state index in [2.05, 4.69) is 12.2 Å². The zero-order valence-corrected chi connectivity index (χ0v) is 12.4. The zero-order chi connectivity index (χ0) is 9.68. The van der Waals surface area contributed by atoms with E-state index >= 15 is 0 Å². The first-order valence-corrected chi connectivity index (χ1v) is 5.46. The maximum atomic E-state index is 11.4. The number of amides is 1. The number of carbonyl (C=O) groups is 1. The van der Waals surface area contributed by atoms with Crippen molar-refractivity contribution in [3.05, 3.63) is 26.7 Å². The van der Waals surface area contributed by atoms with Gasteiger partial charge in [-0.3, -0.25) is 0 Å². The van der Waals surface area contributed by atoms with Gasteiger partial charge < -0.3 is 10.1 Å². The molecule has 1 aromatic rings. The predicted molar refractivity (Wildman–Crippen MR) is 56.8 cm³/mol. The number of hydrogen-bond acceptors (Lipinski definition) is 2.